The fourth-order valence-corrected chi connectivity index (χ4v) is 3.26. The lowest BCUT2D eigenvalue weighted by molar-refractivity contribution is -0.138. The molecule has 0 aromatic carbocycles. The highest BCUT2D eigenvalue weighted by Crippen LogP contribution is 2.38. The third kappa shape index (κ3) is 6.05. The molecule has 0 bridgehead atoms. The van der Waals surface area contributed by atoms with Crippen molar-refractivity contribution in [3.8, 4) is 0 Å². The zero-order chi connectivity index (χ0) is 19.4. The summed E-state index contributed by atoms with van der Waals surface area (Å²) in [6.45, 7) is 7.07. The molecule has 8 nitrogen and oxygen atoms in total. The molecule has 1 aromatic rings. The zero-order valence-corrected chi connectivity index (χ0v) is 19.6. The molecular formula is C18H33IN6O2. The summed E-state index contributed by atoms with van der Waals surface area (Å²) < 4.78 is 5.30. The SMILES string of the molecule is CN=C(NCc1noc(C(C)(C)C)n1)NCC1(C(=O)N(C)C)CCCC1.I. The summed E-state index contributed by atoms with van der Waals surface area (Å²) in [5.41, 5.74) is -0.515. The molecule has 0 atom stereocenters. The van der Waals surface area contributed by atoms with Crippen LogP contribution in [-0.4, -0.2) is 54.6 Å². The molecule has 1 amide bonds. The largest absolute Gasteiger partial charge is 0.355 e. The van der Waals surface area contributed by atoms with Gasteiger partial charge in [0.25, 0.3) is 0 Å². The number of nitrogens with one attached hydrogen (secondary N) is 2. The molecule has 1 saturated carbocycles. The zero-order valence-electron chi connectivity index (χ0n) is 17.3. The van der Waals surface area contributed by atoms with E-state index >= 15 is 0 Å². The van der Waals surface area contributed by atoms with Crippen LogP contribution in [0.2, 0.25) is 0 Å². The van der Waals surface area contributed by atoms with Crippen molar-refractivity contribution in [1.29, 1.82) is 0 Å². The van der Waals surface area contributed by atoms with Crippen molar-refractivity contribution in [3.05, 3.63) is 11.7 Å². The van der Waals surface area contributed by atoms with E-state index in [-0.39, 0.29) is 40.7 Å². The van der Waals surface area contributed by atoms with Gasteiger partial charge in [-0.15, -0.1) is 24.0 Å². The number of aliphatic imine (C=N–C) groups is 1. The van der Waals surface area contributed by atoms with Crippen LogP contribution in [0.15, 0.2) is 9.52 Å². The summed E-state index contributed by atoms with van der Waals surface area (Å²) in [6.07, 6.45) is 4.00. The van der Waals surface area contributed by atoms with Crippen LogP contribution in [0.4, 0.5) is 0 Å². The lowest BCUT2D eigenvalue weighted by Gasteiger charge is -2.31. The molecule has 1 heterocycles. The number of guanidine groups is 1. The molecular weight excluding hydrogens is 459 g/mol. The van der Waals surface area contributed by atoms with Crippen LogP contribution >= 0.6 is 24.0 Å². The topological polar surface area (TPSA) is 95.6 Å². The van der Waals surface area contributed by atoms with Crippen molar-refractivity contribution in [2.45, 2.75) is 58.4 Å². The summed E-state index contributed by atoms with van der Waals surface area (Å²) in [4.78, 5) is 23.0. The Hall–Kier alpha value is -1.39. The molecule has 9 heteroatoms. The number of carbonyl (C=O) groups is 1. The maximum absolute atomic E-state index is 12.6. The fourth-order valence-electron chi connectivity index (χ4n) is 3.26. The average molecular weight is 492 g/mol. The van der Waals surface area contributed by atoms with E-state index < -0.39 is 0 Å². The molecule has 1 fully saturated rings. The van der Waals surface area contributed by atoms with Crippen LogP contribution in [0.3, 0.4) is 0 Å². The minimum atomic E-state index is -0.341. The Morgan fingerprint density at radius 1 is 1.26 bits per heavy atom. The molecule has 1 aliphatic rings. The van der Waals surface area contributed by atoms with E-state index in [1.165, 1.54) is 0 Å². The first-order valence-corrected chi connectivity index (χ1v) is 9.17. The number of nitrogens with zero attached hydrogens (tertiary/aromatic N) is 4. The van der Waals surface area contributed by atoms with Crippen LogP contribution in [0.5, 0.6) is 0 Å². The third-order valence-electron chi connectivity index (χ3n) is 4.76. The number of rotatable bonds is 5. The molecule has 2 N–H and O–H groups in total. The van der Waals surface area contributed by atoms with Crippen molar-refractivity contribution in [3.63, 3.8) is 0 Å². The summed E-state index contributed by atoms with van der Waals surface area (Å²) in [5, 5.41) is 10.5. The van der Waals surface area contributed by atoms with E-state index in [0.717, 1.165) is 25.7 Å². The van der Waals surface area contributed by atoms with E-state index in [2.05, 4.69) is 25.8 Å². The molecule has 0 radical (unpaired) electrons. The van der Waals surface area contributed by atoms with Gasteiger partial charge in [-0.2, -0.15) is 4.98 Å². The Morgan fingerprint density at radius 3 is 2.37 bits per heavy atom. The lowest BCUT2D eigenvalue weighted by Crippen LogP contribution is -2.49. The van der Waals surface area contributed by atoms with Crippen LogP contribution < -0.4 is 10.6 Å². The predicted molar refractivity (Wildman–Crippen MR) is 116 cm³/mol. The fraction of sp³-hybridized carbons (Fsp3) is 0.778. The van der Waals surface area contributed by atoms with Crippen LogP contribution in [0.1, 0.15) is 58.2 Å². The Bertz CT molecular complexity index is 645. The second-order valence-electron chi connectivity index (χ2n) is 8.23. The van der Waals surface area contributed by atoms with Gasteiger partial charge in [0.15, 0.2) is 11.8 Å². The van der Waals surface area contributed by atoms with E-state index in [1.807, 2.05) is 34.9 Å². The Kier molecular flexibility index (Phi) is 8.49. The highest BCUT2D eigenvalue weighted by Gasteiger charge is 2.42. The number of carbonyl (C=O) groups excluding carboxylic acids is 1. The van der Waals surface area contributed by atoms with E-state index in [0.29, 0.717) is 30.8 Å². The van der Waals surface area contributed by atoms with Crippen molar-refractivity contribution in [2.24, 2.45) is 10.4 Å². The number of halogens is 1. The Balaban J connectivity index is 0.00000364. The maximum atomic E-state index is 12.6. The highest BCUT2D eigenvalue weighted by atomic mass is 127. The van der Waals surface area contributed by atoms with Gasteiger partial charge >= 0.3 is 0 Å². The van der Waals surface area contributed by atoms with Crippen molar-refractivity contribution < 1.29 is 9.32 Å². The van der Waals surface area contributed by atoms with Gasteiger partial charge in [-0.25, -0.2) is 0 Å². The molecule has 1 aromatic heterocycles. The Labute approximate surface area is 179 Å². The van der Waals surface area contributed by atoms with Gasteiger partial charge in [0.05, 0.1) is 12.0 Å². The standard InChI is InChI=1S/C18H32N6O2.HI/c1-17(2,3)14-22-13(23-26-14)11-20-16(19-4)21-12-18(9-7-8-10-18)15(25)24(5)6;/h7-12H2,1-6H3,(H2,19,20,21);1H. The first-order valence-electron chi connectivity index (χ1n) is 9.17. The summed E-state index contributed by atoms with van der Waals surface area (Å²) in [7, 11) is 5.35. The third-order valence-corrected chi connectivity index (χ3v) is 4.76. The average Bonchev–Trinajstić information content (AvgIpc) is 3.24. The van der Waals surface area contributed by atoms with Gasteiger partial charge in [0, 0.05) is 33.1 Å². The second-order valence-corrected chi connectivity index (χ2v) is 8.23. The lowest BCUT2D eigenvalue weighted by atomic mass is 9.84. The van der Waals surface area contributed by atoms with Crippen molar-refractivity contribution in [2.75, 3.05) is 27.7 Å². The molecule has 1 aliphatic carbocycles. The first kappa shape index (κ1) is 23.6. The van der Waals surface area contributed by atoms with Gasteiger partial charge < -0.3 is 20.1 Å². The quantitative estimate of drug-likeness (QED) is 0.372. The van der Waals surface area contributed by atoms with Gasteiger partial charge in [-0.05, 0) is 12.8 Å². The highest BCUT2D eigenvalue weighted by molar-refractivity contribution is 14.0. The van der Waals surface area contributed by atoms with Gasteiger partial charge in [-0.3, -0.25) is 9.79 Å². The molecule has 0 saturated heterocycles. The minimum absolute atomic E-state index is 0. The monoisotopic (exact) mass is 492 g/mol. The van der Waals surface area contributed by atoms with Crippen molar-refractivity contribution >= 4 is 35.8 Å². The maximum Gasteiger partial charge on any atom is 0.232 e. The normalized spacial score (nSPS) is 16.6. The van der Waals surface area contributed by atoms with Gasteiger partial charge in [0.1, 0.15) is 0 Å². The van der Waals surface area contributed by atoms with Gasteiger partial charge in [0.2, 0.25) is 11.8 Å². The first-order chi connectivity index (χ1) is 12.2. The van der Waals surface area contributed by atoms with Gasteiger partial charge in [-0.1, -0.05) is 38.8 Å². The number of amides is 1. The number of aromatic nitrogens is 2. The molecule has 0 aliphatic heterocycles. The van der Waals surface area contributed by atoms with E-state index in [1.54, 1.807) is 11.9 Å². The molecule has 154 valence electrons. The van der Waals surface area contributed by atoms with E-state index in [9.17, 15) is 4.79 Å². The predicted octanol–water partition coefficient (Wildman–Crippen LogP) is 2.30. The van der Waals surface area contributed by atoms with Crippen LogP contribution in [0, 0.1) is 5.41 Å². The Morgan fingerprint density at radius 2 is 1.89 bits per heavy atom. The number of hydrogen-bond donors (Lipinski definition) is 2. The molecule has 27 heavy (non-hydrogen) atoms. The summed E-state index contributed by atoms with van der Waals surface area (Å²) in [6, 6.07) is 0. The number of hydrogen-bond acceptors (Lipinski definition) is 5. The molecule has 0 unspecified atom stereocenters. The minimum Gasteiger partial charge on any atom is -0.355 e. The smallest absolute Gasteiger partial charge is 0.232 e. The van der Waals surface area contributed by atoms with Crippen LogP contribution in [0.25, 0.3) is 0 Å². The van der Waals surface area contributed by atoms with Crippen molar-refractivity contribution in [1.82, 2.24) is 25.7 Å². The summed E-state index contributed by atoms with van der Waals surface area (Å²) in [5.74, 6) is 2.01. The molecule has 2 rings (SSSR count). The summed E-state index contributed by atoms with van der Waals surface area (Å²) >= 11 is 0. The van der Waals surface area contributed by atoms with Crippen LogP contribution in [-0.2, 0) is 16.8 Å². The second kappa shape index (κ2) is 9.70. The van der Waals surface area contributed by atoms with E-state index in [4.69, 9.17) is 4.52 Å². The molecule has 0 spiro atoms.